The first kappa shape index (κ1) is 11.2. The van der Waals surface area contributed by atoms with E-state index in [2.05, 4.69) is 15.3 Å². The summed E-state index contributed by atoms with van der Waals surface area (Å²) in [5.41, 5.74) is 12.5. The zero-order valence-electron chi connectivity index (χ0n) is 9.10. The van der Waals surface area contributed by atoms with E-state index in [-0.39, 0.29) is 11.4 Å². The topological polar surface area (TPSA) is 110 Å². The number of nitrogens with one attached hydrogen (secondary N) is 2. The highest BCUT2D eigenvalue weighted by Crippen LogP contribution is 2.13. The molecular weight excluding hydrogens is 218 g/mol. The molecule has 1 heterocycles. The van der Waals surface area contributed by atoms with Crippen LogP contribution >= 0.6 is 0 Å². The third-order valence-corrected chi connectivity index (χ3v) is 2.21. The van der Waals surface area contributed by atoms with Crippen LogP contribution < -0.4 is 22.3 Å². The lowest BCUT2D eigenvalue weighted by molar-refractivity contribution is 1.07. The van der Waals surface area contributed by atoms with E-state index in [1.54, 1.807) is 0 Å². The summed E-state index contributed by atoms with van der Waals surface area (Å²) >= 11 is 0. The van der Waals surface area contributed by atoms with Crippen LogP contribution in [-0.4, -0.2) is 9.97 Å². The fourth-order valence-corrected chi connectivity index (χ4v) is 1.40. The summed E-state index contributed by atoms with van der Waals surface area (Å²) in [4.78, 5) is 17.7. The van der Waals surface area contributed by atoms with Gasteiger partial charge < -0.3 is 16.8 Å². The van der Waals surface area contributed by atoms with Gasteiger partial charge in [0.2, 0.25) is 5.95 Å². The average molecular weight is 231 g/mol. The van der Waals surface area contributed by atoms with Gasteiger partial charge in [-0.2, -0.15) is 4.98 Å². The van der Waals surface area contributed by atoms with Crippen molar-refractivity contribution in [3.63, 3.8) is 0 Å². The van der Waals surface area contributed by atoms with E-state index in [9.17, 15) is 4.79 Å². The van der Waals surface area contributed by atoms with Gasteiger partial charge in [0.05, 0.1) is 0 Å². The Morgan fingerprint density at radius 1 is 1.29 bits per heavy atom. The van der Waals surface area contributed by atoms with Crippen molar-refractivity contribution in [2.24, 2.45) is 5.73 Å². The first-order chi connectivity index (χ1) is 8.17. The van der Waals surface area contributed by atoms with Crippen LogP contribution in [0.2, 0.25) is 0 Å². The molecule has 88 valence electrons. The predicted molar refractivity (Wildman–Crippen MR) is 66.9 cm³/mol. The Balaban J connectivity index is 2.22. The number of hydrogen-bond donors (Lipinski definition) is 4. The van der Waals surface area contributed by atoms with Gasteiger partial charge in [-0.05, 0) is 17.7 Å². The number of hydrogen-bond acceptors (Lipinski definition) is 5. The first-order valence-electron chi connectivity index (χ1n) is 5.10. The Bertz CT molecular complexity index is 561. The largest absolute Gasteiger partial charge is 0.383 e. The summed E-state index contributed by atoms with van der Waals surface area (Å²) in [5.74, 6) is 0.491. The van der Waals surface area contributed by atoms with Crippen LogP contribution in [0.3, 0.4) is 0 Å². The summed E-state index contributed by atoms with van der Waals surface area (Å²) in [6, 6.07) is 8.72. The van der Waals surface area contributed by atoms with Crippen molar-refractivity contribution in [1.29, 1.82) is 0 Å². The van der Waals surface area contributed by atoms with Crippen molar-refractivity contribution in [2.45, 2.75) is 6.54 Å². The van der Waals surface area contributed by atoms with Gasteiger partial charge in [0.1, 0.15) is 5.82 Å². The van der Waals surface area contributed by atoms with Crippen LogP contribution in [0.5, 0.6) is 0 Å². The number of nitrogen functional groups attached to an aromatic ring is 1. The molecule has 2 rings (SSSR count). The maximum Gasteiger partial charge on any atom is 0.254 e. The molecule has 0 spiro atoms. The molecule has 0 aliphatic rings. The number of nitrogens with zero attached hydrogens (tertiary/aromatic N) is 1. The van der Waals surface area contributed by atoms with Crippen molar-refractivity contribution in [1.82, 2.24) is 9.97 Å². The van der Waals surface area contributed by atoms with Gasteiger partial charge in [-0.25, -0.2) is 0 Å². The normalized spacial score (nSPS) is 10.2. The Labute approximate surface area is 97.7 Å². The monoisotopic (exact) mass is 231 g/mol. The van der Waals surface area contributed by atoms with Crippen molar-refractivity contribution in [2.75, 3.05) is 11.1 Å². The molecule has 0 saturated carbocycles. The third-order valence-electron chi connectivity index (χ3n) is 2.21. The Kier molecular flexibility index (Phi) is 3.06. The van der Waals surface area contributed by atoms with E-state index in [4.69, 9.17) is 11.5 Å². The second-order valence-electron chi connectivity index (χ2n) is 3.54. The van der Waals surface area contributed by atoms with Gasteiger partial charge in [-0.3, -0.25) is 9.78 Å². The molecule has 0 saturated heterocycles. The Morgan fingerprint density at radius 2 is 2.00 bits per heavy atom. The van der Waals surface area contributed by atoms with E-state index < -0.39 is 0 Å². The second kappa shape index (κ2) is 4.67. The van der Waals surface area contributed by atoms with Crippen LogP contribution in [-0.2, 0) is 6.54 Å². The molecule has 6 N–H and O–H groups in total. The highest BCUT2D eigenvalue weighted by Gasteiger charge is 1.99. The van der Waals surface area contributed by atoms with E-state index in [0.717, 1.165) is 11.3 Å². The SMILES string of the molecule is NCc1ccc(Nc2nc(N)cc(=O)[nH]2)cc1. The number of aromatic amines is 1. The Hall–Kier alpha value is -2.34. The molecule has 6 nitrogen and oxygen atoms in total. The fourth-order valence-electron chi connectivity index (χ4n) is 1.40. The molecule has 0 aliphatic heterocycles. The molecule has 0 unspecified atom stereocenters. The number of aromatic nitrogens is 2. The predicted octanol–water partition coefficient (Wildman–Crippen LogP) is 0.554. The zero-order chi connectivity index (χ0) is 12.3. The molecular formula is C11H13N5O. The summed E-state index contributed by atoms with van der Waals surface area (Å²) in [6.45, 7) is 0.494. The molecule has 0 aliphatic carbocycles. The van der Waals surface area contributed by atoms with Gasteiger partial charge in [0, 0.05) is 18.3 Å². The van der Waals surface area contributed by atoms with Gasteiger partial charge >= 0.3 is 0 Å². The van der Waals surface area contributed by atoms with Crippen molar-refractivity contribution in [3.05, 3.63) is 46.2 Å². The zero-order valence-corrected chi connectivity index (χ0v) is 9.10. The highest BCUT2D eigenvalue weighted by molar-refractivity contribution is 5.54. The number of benzene rings is 1. The Morgan fingerprint density at radius 3 is 2.59 bits per heavy atom. The maximum absolute atomic E-state index is 11.2. The maximum atomic E-state index is 11.2. The summed E-state index contributed by atoms with van der Waals surface area (Å²) in [6.07, 6.45) is 0. The van der Waals surface area contributed by atoms with Crippen molar-refractivity contribution >= 4 is 17.5 Å². The lowest BCUT2D eigenvalue weighted by Gasteiger charge is -2.06. The van der Waals surface area contributed by atoms with Gasteiger partial charge in [-0.1, -0.05) is 12.1 Å². The summed E-state index contributed by atoms with van der Waals surface area (Å²) in [7, 11) is 0. The molecule has 0 bridgehead atoms. The highest BCUT2D eigenvalue weighted by atomic mass is 16.1. The minimum absolute atomic E-state index is 0.176. The fraction of sp³-hybridized carbons (Fsp3) is 0.0909. The van der Waals surface area contributed by atoms with E-state index in [1.807, 2.05) is 24.3 Å². The van der Waals surface area contributed by atoms with Crippen LogP contribution in [0.25, 0.3) is 0 Å². The number of H-pyrrole nitrogens is 1. The molecule has 1 aromatic carbocycles. The van der Waals surface area contributed by atoms with Crippen LogP contribution in [0.4, 0.5) is 17.5 Å². The molecule has 17 heavy (non-hydrogen) atoms. The smallest absolute Gasteiger partial charge is 0.254 e. The summed E-state index contributed by atoms with van der Waals surface area (Å²) < 4.78 is 0. The number of rotatable bonds is 3. The lowest BCUT2D eigenvalue weighted by Crippen LogP contribution is -2.11. The van der Waals surface area contributed by atoms with Crippen molar-refractivity contribution < 1.29 is 0 Å². The van der Waals surface area contributed by atoms with Crippen LogP contribution in [0.1, 0.15) is 5.56 Å². The first-order valence-corrected chi connectivity index (χ1v) is 5.10. The van der Waals surface area contributed by atoms with Crippen LogP contribution in [0.15, 0.2) is 35.1 Å². The second-order valence-corrected chi connectivity index (χ2v) is 3.54. The lowest BCUT2D eigenvalue weighted by atomic mass is 10.2. The minimum Gasteiger partial charge on any atom is -0.383 e. The van der Waals surface area contributed by atoms with Crippen molar-refractivity contribution in [3.8, 4) is 0 Å². The average Bonchev–Trinajstić information content (AvgIpc) is 2.28. The van der Waals surface area contributed by atoms with E-state index >= 15 is 0 Å². The number of nitrogens with two attached hydrogens (primary N) is 2. The van der Waals surface area contributed by atoms with E-state index in [1.165, 1.54) is 6.07 Å². The van der Waals surface area contributed by atoms with Gasteiger partial charge in [0.15, 0.2) is 0 Å². The van der Waals surface area contributed by atoms with Gasteiger partial charge in [0.25, 0.3) is 5.56 Å². The van der Waals surface area contributed by atoms with Crippen LogP contribution in [0, 0.1) is 0 Å². The van der Waals surface area contributed by atoms with Gasteiger partial charge in [-0.15, -0.1) is 0 Å². The molecule has 0 radical (unpaired) electrons. The molecule has 0 atom stereocenters. The molecule has 2 aromatic rings. The third kappa shape index (κ3) is 2.82. The molecule has 0 amide bonds. The number of anilines is 3. The molecule has 1 aromatic heterocycles. The minimum atomic E-state index is -0.293. The molecule has 0 fully saturated rings. The summed E-state index contributed by atoms with van der Waals surface area (Å²) in [5, 5.41) is 2.95. The quantitative estimate of drug-likeness (QED) is 0.616. The van der Waals surface area contributed by atoms with E-state index in [0.29, 0.717) is 12.5 Å². The standard InChI is InChI=1S/C11H13N5O/c12-6-7-1-3-8(4-2-7)14-11-15-9(13)5-10(17)16-11/h1-5H,6,12H2,(H4,13,14,15,16,17). The molecule has 6 heteroatoms.